The molecule has 1 atom stereocenters. The topological polar surface area (TPSA) is 12.0 Å². The van der Waals surface area contributed by atoms with Crippen LogP contribution >= 0.6 is 11.6 Å². The lowest BCUT2D eigenvalue weighted by Crippen LogP contribution is -2.29. The molecule has 0 aromatic heterocycles. The third-order valence-corrected chi connectivity index (χ3v) is 2.12. The fourth-order valence-electron chi connectivity index (χ4n) is 1.16. The Bertz CT molecular complexity index is 123. The zero-order chi connectivity index (χ0) is 9.40. The van der Waals surface area contributed by atoms with E-state index in [9.17, 15) is 0 Å². The first kappa shape index (κ1) is 12.0. The number of rotatable bonds is 7. The van der Waals surface area contributed by atoms with E-state index in [-0.39, 0.29) is 0 Å². The van der Waals surface area contributed by atoms with Crippen LogP contribution in [0.1, 0.15) is 39.5 Å². The van der Waals surface area contributed by atoms with Gasteiger partial charge in [-0.05, 0) is 12.8 Å². The van der Waals surface area contributed by atoms with Crippen molar-refractivity contribution in [3.05, 3.63) is 11.6 Å². The van der Waals surface area contributed by atoms with Gasteiger partial charge in [-0.1, -0.05) is 44.9 Å². The minimum absolute atomic E-state index is 0.612. The first-order chi connectivity index (χ1) is 5.70. The summed E-state index contributed by atoms with van der Waals surface area (Å²) in [5.74, 6) is 0. The maximum absolute atomic E-state index is 5.66. The van der Waals surface area contributed by atoms with Crippen molar-refractivity contribution in [1.82, 2.24) is 5.32 Å². The highest BCUT2D eigenvalue weighted by Crippen LogP contribution is 2.05. The van der Waals surface area contributed by atoms with Crippen LogP contribution < -0.4 is 5.32 Å². The highest BCUT2D eigenvalue weighted by molar-refractivity contribution is 6.29. The van der Waals surface area contributed by atoms with Crippen molar-refractivity contribution < 1.29 is 0 Å². The molecular formula is C10H20ClN. The number of nitrogens with one attached hydrogen (secondary N) is 1. The third-order valence-electron chi connectivity index (χ3n) is 1.98. The summed E-state index contributed by atoms with van der Waals surface area (Å²) in [7, 11) is 0. The summed E-state index contributed by atoms with van der Waals surface area (Å²) in [6, 6.07) is 0.612. The van der Waals surface area contributed by atoms with Gasteiger partial charge in [0.15, 0.2) is 0 Å². The largest absolute Gasteiger partial charge is 0.309 e. The normalized spacial score (nSPS) is 12.9. The molecule has 0 bridgehead atoms. The van der Waals surface area contributed by atoms with E-state index < -0.39 is 0 Å². The molecule has 0 fully saturated rings. The summed E-state index contributed by atoms with van der Waals surface area (Å²) >= 11 is 5.66. The van der Waals surface area contributed by atoms with E-state index in [1.54, 1.807) is 0 Å². The minimum atomic E-state index is 0.612. The van der Waals surface area contributed by atoms with Crippen LogP contribution in [0.3, 0.4) is 0 Å². The van der Waals surface area contributed by atoms with Crippen LogP contribution in [-0.4, -0.2) is 12.6 Å². The molecule has 0 aromatic carbocycles. The lowest BCUT2D eigenvalue weighted by atomic mass is 10.1. The van der Waals surface area contributed by atoms with Gasteiger partial charge in [-0.2, -0.15) is 0 Å². The zero-order valence-electron chi connectivity index (χ0n) is 8.20. The zero-order valence-corrected chi connectivity index (χ0v) is 8.95. The average Bonchev–Trinajstić information content (AvgIpc) is 2.05. The molecule has 0 saturated heterocycles. The second-order valence-corrected chi connectivity index (χ2v) is 3.68. The molecule has 2 heteroatoms. The molecule has 72 valence electrons. The van der Waals surface area contributed by atoms with Crippen molar-refractivity contribution in [3.8, 4) is 0 Å². The monoisotopic (exact) mass is 189 g/mol. The van der Waals surface area contributed by atoms with Crippen molar-refractivity contribution in [2.24, 2.45) is 0 Å². The Balaban J connectivity index is 3.45. The lowest BCUT2D eigenvalue weighted by molar-refractivity contribution is 0.472. The molecule has 0 saturated carbocycles. The maximum atomic E-state index is 5.66. The van der Waals surface area contributed by atoms with Crippen molar-refractivity contribution in [3.63, 3.8) is 0 Å². The molecule has 1 nitrogen and oxygen atoms in total. The maximum Gasteiger partial charge on any atom is 0.0310 e. The van der Waals surface area contributed by atoms with Gasteiger partial charge in [-0.3, -0.25) is 0 Å². The Morgan fingerprint density at radius 3 is 2.58 bits per heavy atom. The van der Waals surface area contributed by atoms with Gasteiger partial charge in [0.05, 0.1) is 0 Å². The molecule has 0 heterocycles. The SMILES string of the molecule is C=C(Cl)CNC(CC)CCCC. The average molecular weight is 190 g/mol. The van der Waals surface area contributed by atoms with Crippen molar-refractivity contribution >= 4 is 11.6 Å². The van der Waals surface area contributed by atoms with E-state index in [0.717, 1.165) is 6.54 Å². The van der Waals surface area contributed by atoms with E-state index in [1.807, 2.05) is 0 Å². The van der Waals surface area contributed by atoms with Crippen LogP contribution in [0.5, 0.6) is 0 Å². The van der Waals surface area contributed by atoms with Crippen molar-refractivity contribution in [1.29, 1.82) is 0 Å². The second kappa shape index (κ2) is 7.63. The van der Waals surface area contributed by atoms with E-state index in [1.165, 1.54) is 25.7 Å². The van der Waals surface area contributed by atoms with Gasteiger partial charge in [0, 0.05) is 17.6 Å². The number of halogens is 1. The molecule has 0 amide bonds. The number of hydrogen-bond donors (Lipinski definition) is 1. The summed E-state index contributed by atoms with van der Waals surface area (Å²) in [6.07, 6.45) is 4.97. The highest BCUT2D eigenvalue weighted by Gasteiger charge is 2.03. The molecular weight excluding hydrogens is 170 g/mol. The van der Waals surface area contributed by atoms with E-state index in [2.05, 4.69) is 25.7 Å². The molecule has 0 spiro atoms. The number of hydrogen-bond acceptors (Lipinski definition) is 1. The first-order valence-corrected chi connectivity index (χ1v) is 5.15. The van der Waals surface area contributed by atoms with Crippen LogP contribution in [0.4, 0.5) is 0 Å². The standard InChI is InChI=1S/C10H20ClN/c1-4-6-7-10(5-2)12-8-9(3)11/h10,12H,3-8H2,1-2H3. The highest BCUT2D eigenvalue weighted by atomic mass is 35.5. The summed E-state index contributed by atoms with van der Waals surface area (Å²) in [5.41, 5.74) is 0. The smallest absolute Gasteiger partial charge is 0.0310 e. The van der Waals surface area contributed by atoms with Crippen molar-refractivity contribution in [2.45, 2.75) is 45.6 Å². The quantitative estimate of drug-likeness (QED) is 0.648. The predicted octanol–water partition coefficient (Wildman–Crippen LogP) is 3.30. The van der Waals surface area contributed by atoms with E-state index >= 15 is 0 Å². The van der Waals surface area contributed by atoms with Crippen molar-refractivity contribution in [2.75, 3.05) is 6.54 Å². The Labute approximate surface area is 81.2 Å². The molecule has 0 aliphatic rings. The summed E-state index contributed by atoms with van der Waals surface area (Å²) in [4.78, 5) is 0. The van der Waals surface area contributed by atoms with Gasteiger partial charge < -0.3 is 5.32 Å². The molecule has 0 aliphatic heterocycles. The van der Waals surface area contributed by atoms with Crippen LogP contribution in [0.25, 0.3) is 0 Å². The first-order valence-electron chi connectivity index (χ1n) is 4.77. The molecule has 12 heavy (non-hydrogen) atoms. The third kappa shape index (κ3) is 6.68. The molecule has 0 aliphatic carbocycles. The molecule has 1 unspecified atom stereocenters. The van der Waals surface area contributed by atoms with Crippen LogP contribution in [0.15, 0.2) is 11.6 Å². The summed E-state index contributed by atoms with van der Waals surface area (Å²) in [5, 5.41) is 4.07. The van der Waals surface area contributed by atoms with Gasteiger partial charge in [0.1, 0.15) is 0 Å². The predicted molar refractivity (Wildman–Crippen MR) is 56.6 cm³/mol. The van der Waals surface area contributed by atoms with E-state index in [0.29, 0.717) is 11.1 Å². The molecule has 1 N–H and O–H groups in total. The van der Waals surface area contributed by atoms with Gasteiger partial charge in [0.25, 0.3) is 0 Å². The Hall–Kier alpha value is -0.0100. The molecule has 0 radical (unpaired) electrons. The second-order valence-electron chi connectivity index (χ2n) is 3.15. The fourth-order valence-corrected chi connectivity index (χ4v) is 1.23. The van der Waals surface area contributed by atoms with Gasteiger partial charge >= 0.3 is 0 Å². The Morgan fingerprint density at radius 1 is 1.50 bits per heavy atom. The van der Waals surface area contributed by atoms with Crippen LogP contribution in [0, 0.1) is 0 Å². The Morgan fingerprint density at radius 2 is 2.17 bits per heavy atom. The Kier molecular flexibility index (Phi) is 7.62. The molecule has 0 aromatic rings. The lowest BCUT2D eigenvalue weighted by Gasteiger charge is -2.15. The van der Waals surface area contributed by atoms with Crippen LogP contribution in [-0.2, 0) is 0 Å². The summed E-state index contributed by atoms with van der Waals surface area (Å²) in [6.45, 7) is 8.80. The van der Waals surface area contributed by atoms with E-state index in [4.69, 9.17) is 11.6 Å². The minimum Gasteiger partial charge on any atom is -0.309 e. The fraction of sp³-hybridized carbons (Fsp3) is 0.800. The summed E-state index contributed by atoms with van der Waals surface area (Å²) < 4.78 is 0. The van der Waals surface area contributed by atoms with Crippen LogP contribution in [0.2, 0.25) is 0 Å². The van der Waals surface area contributed by atoms with Gasteiger partial charge in [-0.25, -0.2) is 0 Å². The van der Waals surface area contributed by atoms with Gasteiger partial charge in [-0.15, -0.1) is 0 Å². The molecule has 0 rings (SSSR count). The number of unbranched alkanes of at least 4 members (excludes halogenated alkanes) is 1. The van der Waals surface area contributed by atoms with Gasteiger partial charge in [0.2, 0.25) is 0 Å².